The molecule has 110 valence electrons. The zero-order valence-corrected chi connectivity index (χ0v) is 12.9. The number of Topliss-reactive ketones (excluding diaryl/α,β-unsaturated/α-hetero) is 1. The van der Waals surface area contributed by atoms with E-state index in [1.54, 1.807) is 25.3 Å². The van der Waals surface area contributed by atoms with Gasteiger partial charge in [0.25, 0.3) is 0 Å². The van der Waals surface area contributed by atoms with Crippen molar-refractivity contribution in [2.24, 2.45) is 0 Å². The second-order valence-corrected chi connectivity index (χ2v) is 5.20. The lowest BCUT2D eigenvalue weighted by molar-refractivity contribution is 0.101. The van der Waals surface area contributed by atoms with Gasteiger partial charge in [-0.3, -0.25) is 4.79 Å². The summed E-state index contributed by atoms with van der Waals surface area (Å²) < 4.78 is 11.0. The smallest absolute Gasteiger partial charge is 0.163 e. The van der Waals surface area contributed by atoms with E-state index < -0.39 is 0 Å². The highest BCUT2D eigenvalue weighted by atomic mass is 16.5. The molecule has 0 amide bonds. The van der Waals surface area contributed by atoms with E-state index >= 15 is 0 Å². The van der Waals surface area contributed by atoms with Crippen LogP contribution in [0.25, 0.3) is 0 Å². The molecule has 0 N–H and O–H groups in total. The lowest BCUT2D eigenvalue weighted by Gasteiger charge is -2.12. The van der Waals surface area contributed by atoms with Crippen LogP contribution in [0, 0.1) is 13.8 Å². The van der Waals surface area contributed by atoms with Crippen molar-refractivity contribution in [3.63, 3.8) is 0 Å². The largest absolute Gasteiger partial charge is 0.497 e. The van der Waals surface area contributed by atoms with Crippen molar-refractivity contribution in [3.05, 3.63) is 58.7 Å². The summed E-state index contributed by atoms with van der Waals surface area (Å²) in [6, 6.07) is 11.5. The first-order chi connectivity index (χ1) is 9.99. The fourth-order valence-corrected chi connectivity index (χ4v) is 2.35. The Kier molecular flexibility index (Phi) is 4.63. The fraction of sp³-hybridized carbons (Fsp3) is 0.278. The number of carbonyl (C=O) groups is 1. The Labute approximate surface area is 125 Å². The van der Waals surface area contributed by atoms with Crippen LogP contribution in [-0.4, -0.2) is 12.9 Å². The predicted octanol–water partition coefficient (Wildman–Crippen LogP) is 4.09. The van der Waals surface area contributed by atoms with Crippen molar-refractivity contribution >= 4 is 5.78 Å². The Balaban J connectivity index is 2.23. The number of hydrogen-bond acceptors (Lipinski definition) is 3. The number of carbonyl (C=O) groups excluding carboxylic acids is 1. The van der Waals surface area contributed by atoms with Gasteiger partial charge in [0.1, 0.15) is 18.1 Å². The third-order valence-electron chi connectivity index (χ3n) is 3.24. The molecule has 0 atom stereocenters. The summed E-state index contributed by atoms with van der Waals surface area (Å²) in [5.41, 5.74) is 4.06. The highest BCUT2D eigenvalue weighted by molar-refractivity contribution is 5.97. The number of methoxy groups -OCH3 is 1. The van der Waals surface area contributed by atoms with E-state index in [-0.39, 0.29) is 5.78 Å². The molecule has 21 heavy (non-hydrogen) atoms. The summed E-state index contributed by atoms with van der Waals surface area (Å²) in [6.45, 7) is 6.08. The molecule has 0 unspecified atom stereocenters. The Hall–Kier alpha value is -2.29. The van der Waals surface area contributed by atoms with Gasteiger partial charge in [0.05, 0.1) is 12.7 Å². The Bertz CT molecular complexity index is 639. The highest BCUT2D eigenvalue weighted by Gasteiger charge is 2.10. The fourth-order valence-electron chi connectivity index (χ4n) is 2.35. The quantitative estimate of drug-likeness (QED) is 0.776. The zero-order valence-electron chi connectivity index (χ0n) is 12.9. The minimum Gasteiger partial charge on any atom is -0.497 e. The van der Waals surface area contributed by atoms with E-state index in [9.17, 15) is 4.79 Å². The average Bonchev–Trinajstić information content (AvgIpc) is 2.43. The van der Waals surface area contributed by atoms with Crippen LogP contribution in [0.15, 0.2) is 36.4 Å². The van der Waals surface area contributed by atoms with Gasteiger partial charge in [0.15, 0.2) is 5.78 Å². The lowest BCUT2D eigenvalue weighted by Crippen LogP contribution is -2.02. The lowest BCUT2D eigenvalue weighted by atomic mass is 10.1. The summed E-state index contributed by atoms with van der Waals surface area (Å²) in [6.07, 6.45) is 0. The van der Waals surface area contributed by atoms with E-state index in [0.717, 1.165) is 5.56 Å². The highest BCUT2D eigenvalue weighted by Crippen LogP contribution is 2.26. The first-order valence-corrected chi connectivity index (χ1v) is 6.88. The average molecular weight is 284 g/mol. The second kappa shape index (κ2) is 6.44. The van der Waals surface area contributed by atoms with E-state index in [1.165, 1.54) is 18.1 Å². The van der Waals surface area contributed by atoms with Gasteiger partial charge < -0.3 is 9.47 Å². The molecule has 0 radical (unpaired) electrons. The molecule has 0 aromatic heterocycles. The molecule has 0 bridgehead atoms. The third kappa shape index (κ3) is 3.85. The standard InChI is InChI=1S/C18H20O3/c1-12-7-13(2)9-15(8-12)11-21-18-10-16(20-4)5-6-17(18)14(3)19/h5-10H,11H2,1-4H3. The molecule has 2 aromatic rings. The summed E-state index contributed by atoms with van der Waals surface area (Å²) in [5, 5.41) is 0. The summed E-state index contributed by atoms with van der Waals surface area (Å²) in [5.74, 6) is 1.21. The van der Waals surface area contributed by atoms with Crippen molar-refractivity contribution in [3.8, 4) is 11.5 Å². The van der Waals surface area contributed by atoms with Crippen LogP contribution in [0.4, 0.5) is 0 Å². The number of ether oxygens (including phenoxy) is 2. The van der Waals surface area contributed by atoms with Gasteiger partial charge in [-0.15, -0.1) is 0 Å². The molecule has 0 saturated carbocycles. The van der Waals surface area contributed by atoms with Gasteiger partial charge in [-0.2, -0.15) is 0 Å². The Morgan fingerprint density at radius 2 is 1.71 bits per heavy atom. The molecule has 2 aromatic carbocycles. The number of benzene rings is 2. The van der Waals surface area contributed by atoms with E-state index in [0.29, 0.717) is 23.7 Å². The summed E-state index contributed by atoms with van der Waals surface area (Å²) in [4.78, 5) is 11.7. The molecule has 0 spiro atoms. The van der Waals surface area contributed by atoms with Crippen LogP contribution in [0.3, 0.4) is 0 Å². The van der Waals surface area contributed by atoms with Crippen molar-refractivity contribution < 1.29 is 14.3 Å². The molecule has 0 aliphatic heterocycles. The van der Waals surface area contributed by atoms with Crippen molar-refractivity contribution in [1.29, 1.82) is 0 Å². The van der Waals surface area contributed by atoms with E-state index in [2.05, 4.69) is 32.0 Å². The van der Waals surface area contributed by atoms with Gasteiger partial charge in [-0.1, -0.05) is 29.3 Å². The van der Waals surface area contributed by atoms with Gasteiger partial charge in [-0.25, -0.2) is 0 Å². The SMILES string of the molecule is COc1ccc(C(C)=O)c(OCc2cc(C)cc(C)c2)c1. The molecular weight excluding hydrogens is 264 g/mol. The van der Waals surface area contributed by atoms with Crippen LogP contribution >= 0.6 is 0 Å². The van der Waals surface area contributed by atoms with Crippen molar-refractivity contribution in [2.45, 2.75) is 27.4 Å². The van der Waals surface area contributed by atoms with Crippen LogP contribution < -0.4 is 9.47 Å². The maximum Gasteiger partial charge on any atom is 0.163 e. The Morgan fingerprint density at radius 1 is 1.05 bits per heavy atom. The molecule has 0 fully saturated rings. The first kappa shape index (κ1) is 15.1. The topological polar surface area (TPSA) is 35.5 Å². The monoisotopic (exact) mass is 284 g/mol. The van der Waals surface area contributed by atoms with E-state index in [4.69, 9.17) is 9.47 Å². The number of ketones is 1. The molecule has 0 heterocycles. The Morgan fingerprint density at radius 3 is 2.29 bits per heavy atom. The first-order valence-electron chi connectivity index (χ1n) is 6.88. The summed E-state index contributed by atoms with van der Waals surface area (Å²) >= 11 is 0. The van der Waals surface area contributed by atoms with Crippen molar-refractivity contribution in [2.75, 3.05) is 7.11 Å². The number of hydrogen-bond donors (Lipinski definition) is 0. The van der Waals surface area contributed by atoms with Gasteiger partial charge >= 0.3 is 0 Å². The van der Waals surface area contributed by atoms with Crippen molar-refractivity contribution in [1.82, 2.24) is 0 Å². The second-order valence-electron chi connectivity index (χ2n) is 5.20. The van der Waals surface area contributed by atoms with Crippen LogP contribution in [0.2, 0.25) is 0 Å². The van der Waals surface area contributed by atoms with Gasteiger partial charge in [0.2, 0.25) is 0 Å². The molecular formula is C18H20O3. The predicted molar refractivity (Wildman–Crippen MR) is 83.2 cm³/mol. The molecule has 0 aliphatic carbocycles. The molecule has 2 rings (SSSR count). The maximum atomic E-state index is 11.7. The van der Waals surface area contributed by atoms with Gasteiger partial charge in [-0.05, 0) is 38.5 Å². The number of aryl methyl sites for hydroxylation is 2. The maximum absolute atomic E-state index is 11.7. The molecule has 0 aliphatic rings. The third-order valence-corrected chi connectivity index (χ3v) is 3.24. The van der Waals surface area contributed by atoms with E-state index in [1.807, 2.05) is 0 Å². The van der Waals surface area contributed by atoms with Crippen LogP contribution in [0.5, 0.6) is 11.5 Å². The van der Waals surface area contributed by atoms with Crippen LogP contribution in [-0.2, 0) is 6.61 Å². The zero-order chi connectivity index (χ0) is 15.4. The van der Waals surface area contributed by atoms with Gasteiger partial charge in [0, 0.05) is 6.07 Å². The van der Waals surface area contributed by atoms with Crippen LogP contribution in [0.1, 0.15) is 34.0 Å². The summed E-state index contributed by atoms with van der Waals surface area (Å²) in [7, 11) is 1.59. The minimum atomic E-state index is -0.0203. The molecule has 3 heteroatoms. The number of rotatable bonds is 5. The minimum absolute atomic E-state index is 0.0203. The normalized spacial score (nSPS) is 10.3. The molecule has 0 saturated heterocycles. The molecule has 3 nitrogen and oxygen atoms in total.